The Morgan fingerprint density at radius 3 is 2.00 bits per heavy atom. The molecule has 1 aliphatic rings. The Labute approximate surface area is 214 Å². The quantitative estimate of drug-likeness (QED) is 0.351. The van der Waals surface area contributed by atoms with Crippen LogP contribution in [0.15, 0.2) is 89.7 Å². The van der Waals surface area contributed by atoms with E-state index in [0.29, 0.717) is 6.54 Å². The summed E-state index contributed by atoms with van der Waals surface area (Å²) in [5.41, 5.74) is 6.78. The zero-order chi connectivity index (χ0) is 25.3. The second kappa shape index (κ2) is 9.87. The fourth-order valence-electron chi connectivity index (χ4n) is 5.23. The fourth-order valence-corrected chi connectivity index (χ4v) is 5.23. The van der Waals surface area contributed by atoms with Crippen molar-refractivity contribution in [3.63, 3.8) is 0 Å². The van der Waals surface area contributed by atoms with Crippen molar-refractivity contribution in [2.24, 2.45) is 0 Å². The predicted octanol–water partition coefficient (Wildman–Crippen LogP) is 6.05. The number of hydrogen-bond donors (Lipinski definition) is 0. The van der Waals surface area contributed by atoms with E-state index in [9.17, 15) is 4.79 Å². The van der Waals surface area contributed by atoms with Crippen molar-refractivity contribution in [2.75, 3.05) is 6.54 Å². The van der Waals surface area contributed by atoms with Crippen LogP contribution < -0.4 is 5.56 Å². The highest BCUT2D eigenvalue weighted by atomic mass is 16.1. The number of benzene rings is 3. The van der Waals surface area contributed by atoms with Crippen molar-refractivity contribution in [2.45, 2.75) is 58.7 Å². The van der Waals surface area contributed by atoms with Crippen LogP contribution in [0.4, 0.5) is 0 Å². The molecular formula is C32H35N3O. The number of fused-ring (bicyclic) bond motifs is 1. The number of aromatic nitrogens is 2. The molecule has 1 aliphatic heterocycles. The van der Waals surface area contributed by atoms with Crippen molar-refractivity contribution in [1.29, 1.82) is 0 Å². The van der Waals surface area contributed by atoms with E-state index in [0.717, 1.165) is 47.7 Å². The summed E-state index contributed by atoms with van der Waals surface area (Å²) in [5.74, 6) is 0.766. The minimum atomic E-state index is -0.210. The number of hydrogen-bond acceptors (Lipinski definition) is 3. The molecule has 184 valence electrons. The van der Waals surface area contributed by atoms with Crippen molar-refractivity contribution in [3.8, 4) is 0 Å². The van der Waals surface area contributed by atoms with Crippen LogP contribution in [-0.4, -0.2) is 21.0 Å². The maximum Gasteiger partial charge on any atom is 0.259 e. The van der Waals surface area contributed by atoms with E-state index >= 15 is 0 Å². The summed E-state index contributed by atoms with van der Waals surface area (Å²) in [6.07, 6.45) is 0.799. The van der Waals surface area contributed by atoms with Crippen molar-refractivity contribution >= 4 is 0 Å². The largest absolute Gasteiger partial charge is 0.294 e. The molecule has 0 saturated carbocycles. The molecule has 0 atom stereocenters. The molecule has 0 amide bonds. The van der Waals surface area contributed by atoms with E-state index in [1.807, 2.05) is 47.9 Å². The molecule has 4 heteroatoms. The lowest BCUT2D eigenvalue weighted by Crippen LogP contribution is -2.40. The molecule has 0 radical (unpaired) electrons. The highest BCUT2D eigenvalue weighted by Gasteiger charge is 2.27. The Morgan fingerprint density at radius 2 is 1.44 bits per heavy atom. The molecule has 4 aromatic rings. The van der Waals surface area contributed by atoms with E-state index in [2.05, 4.69) is 74.2 Å². The molecule has 0 saturated heterocycles. The Balaban J connectivity index is 1.49. The average Bonchev–Trinajstić information content (AvgIpc) is 2.88. The van der Waals surface area contributed by atoms with Crippen LogP contribution in [0, 0.1) is 6.92 Å². The first-order valence-electron chi connectivity index (χ1n) is 12.8. The third kappa shape index (κ3) is 4.91. The molecular weight excluding hydrogens is 442 g/mol. The average molecular weight is 478 g/mol. The lowest BCUT2D eigenvalue weighted by molar-refractivity contribution is 0.240. The van der Waals surface area contributed by atoms with Crippen molar-refractivity contribution < 1.29 is 0 Å². The zero-order valence-electron chi connectivity index (χ0n) is 21.7. The molecule has 0 aliphatic carbocycles. The second-order valence-electron chi connectivity index (χ2n) is 10.9. The van der Waals surface area contributed by atoms with E-state index in [4.69, 9.17) is 4.98 Å². The first-order valence-corrected chi connectivity index (χ1v) is 12.8. The van der Waals surface area contributed by atoms with E-state index in [1.165, 1.54) is 11.1 Å². The monoisotopic (exact) mass is 477 g/mol. The molecule has 5 rings (SSSR count). The molecule has 2 heterocycles. The summed E-state index contributed by atoms with van der Waals surface area (Å²) in [6, 6.07) is 29.2. The van der Waals surface area contributed by atoms with Gasteiger partial charge >= 0.3 is 0 Å². The normalized spacial score (nSPS) is 14.1. The Kier molecular flexibility index (Phi) is 6.63. The molecule has 0 N–H and O–H groups in total. The molecule has 0 fully saturated rings. The van der Waals surface area contributed by atoms with Gasteiger partial charge in [-0.15, -0.1) is 0 Å². The van der Waals surface area contributed by atoms with Crippen LogP contribution in [0.1, 0.15) is 66.1 Å². The first kappa shape index (κ1) is 24.2. The summed E-state index contributed by atoms with van der Waals surface area (Å²) < 4.78 is 1.89. The Bertz CT molecular complexity index is 1340. The minimum Gasteiger partial charge on any atom is -0.294 e. The Hall–Kier alpha value is -3.50. The fraction of sp³-hybridized carbons (Fsp3) is 0.312. The van der Waals surface area contributed by atoms with Gasteiger partial charge in [0.05, 0.1) is 17.3 Å². The topological polar surface area (TPSA) is 38.1 Å². The van der Waals surface area contributed by atoms with Gasteiger partial charge in [0.2, 0.25) is 0 Å². The number of aryl methyl sites for hydroxylation is 1. The first-order chi connectivity index (χ1) is 17.3. The molecule has 36 heavy (non-hydrogen) atoms. The van der Waals surface area contributed by atoms with Gasteiger partial charge in [0.25, 0.3) is 5.56 Å². The third-order valence-electron chi connectivity index (χ3n) is 7.23. The summed E-state index contributed by atoms with van der Waals surface area (Å²) in [5, 5.41) is 0. The van der Waals surface area contributed by atoms with Gasteiger partial charge in [-0.05, 0) is 34.6 Å². The Morgan fingerprint density at radius 1 is 0.861 bits per heavy atom. The van der Waals surface area contributed by atoms with Gasteiger partial charge in [0.15, 0.2) is 0 Å². The lowest BCUT2D eigenvalue weighted by atomic mass is 9.86. The molecule has 0 unspecified atom stereocenters. The maximum atomic E-state index is 14.1. The van der Waals surface area contributed by atoms with Crippen LogP contribution in [0.3, 0.4) is 0 Å². The highest BCUT2D eigenvalue weighted by Crippen LogP contribution is 2.28. The summed E-state index contributed by atoms with van der Waals surface area (Å²) in [4.78, 5) is 21.4. The van der Waals surface area contributed by atoms with Gasteiger partial charge in [0.1, 0.15) is 5.82 Å². The summed E-state index contributed by atoms with van der Waals surface area (Å²) in [7, 11) is 0. The van der Waals surface area contributed by atoms with E-state index < -0.39 is 0 Å². The SMILES string of the molecule is Cc1nc2c(c(=O)n1C(c1ccccc1)c1ccccc1)CN(Cc1ccc(C(C)(C)C)cc1)CC2. The molecule has 0 bridgehead atoms. The molecule has 3 aromatic carbocycles. The number of nitrogens with zero attached hydrogens (tertiary/aromatic N) is 3. The van der Waals surface area contributed by atoms with Gasteiger partial charge in [0, 0.05) is 26.1 Å². The third-order valence-corrected chi connectivity index (χ3v) is 7.23. The molecule has 4 nitrogen and oxygen atoms in total. The number of rotatable bonds is 5. The van der Waals surface area contributed by atoms with Gasteiger partial charge in [-0.3, -0.25) is 14.3 Å². The van der Waals surface area contributed by atoms with Crippen LogP contribution in [0.25, 0.3) is 0 Å². The van der Waals surface area contributed by atoms with Crippen molar-refractivity contribution in [1.82, 2.24) is 14.5 Å². The van der Waals surface area contributed by atoms with Gasteiger partial charge < -0.3 is 0 Å². The maximum absolute atomic E-state index is 14.1. The van der Waals surface area contributed by atoms with Crippen LogP contribution in [0.2, 0.25) is 0 Å². The van der Waals surface area contributed by atoms with Gasteiger partial charge in [-0.1, -0.05) is 106 Å². The summed E-state index contributed by atoms with van der Waals surface area (Å²) in [6.45, 7) is 11.0. The smallest absolute Gasteiger partial charge is 0.259 e. The minimum absolute atomic E-state index is 0.0722. The van der Waals surface area contributed by atoms with E-state index in [1.54, 1.807) is 0 Å². The van der Waals surface area contributed by atoms with Gasteiger partial charge in [-0.2, -0.15) is 0 Å². The lowest BCUT2D eigenvalue weighted by Gasteiger charge is -2.30. The van der Waals surface area contributed by atoms with Crippen LogP contribution in [0.5, 0.6) is 0 Å². The zero-order valence-corrected chi connectivity index (χ0v) is 21.7. The summed E-state index contributed by atoms with van der Waals surface area (Å²) >= 11 is 0. The second-order valence-corrected chi connectivity index (χ2v) is 10.9. The highest BCUT2D eigenvalue weighted by molar-refractivity contribution is 5.35. The molecule has 1 aromatic heterocycles. The van der Waals surface area contributed by atoms with Crippen LogP contribution >= 0.6 is 0 Å². The standard InChI is InChI=1S/C32H35N3O/c1-23-33-29-19-20-34(21-24-15-17-27(18-16-24)32(2,3)4)22-28(29)31(36)35(23)30(25-11-7-5-8-12-25)26-13-9-6-10-14-26/h5-18,30H,19-22H2,1-4H3. The van der Waals surface area contributed by atoms with Crippen LogP contribution in [-0.2, 0) is 24.9 Å². The van der Waals surface area contributed by atoms with Gasteiger partial charge in [-0.25, -0.2) is 4.98 Å². The predicted molar refractivity (Wildman–Crippen MR) is 146 cm³/mol. The van der Waals surface area contributed by atoms with Crippen molar-refractivity contribution in [3.05, 3.63) is 135 Å². The van der Waals surface area contributed by atoms with E-state index in [-0.39, 0.29) is 17.0 Å². The molecule has 0 spiro atoms.